The van der Waals surface area contributed by atoms with E-state index in [1.54, 1.807) is 30.6 Å². The number of thiazole rings is 1. The van der Waals surface area contributed by atoms with Crippen molar-refractivity contribution in [2.75, 3.05) is 26.8 Å². The SMILES string of the molecule is COCCN(CCc1csc2nc(-c3ccc(F)cc3)cn12)C(=O)CC(C)(C)C. The average Bonchev–Trinajstić information content (AvgIpc) is 3.22. The number of carbonyl (C=O) groups excluding carboxylic acids is 1. The molecule has 0 spiro atoms. The maximum absolute atomic E-state index is 13.2. The van der Waals surface area contributed by atoms with Crippen molar-refractivity contribution in [2.24, 2.45) is 5.41 Å². The topological polar surface area (TPSA) is 46.8 Å². The van der Waals surface area contributed by atoms with Gasteiger partial charge in [-0.2, -0.15) is 0 Å². The molecule has 2 aromatic heterocycles. The number of hydrogen-bond donors (Lipinski definition) is 0. The maximum atomic E-state index is 13.2. The molecule has 1 aromatic carbocycles. The smallest absolute Gasteiger partial charge is 0.223 e. The number of fused-ring (bicyclic) bond motifs is 1. The Morgan fingerprint density at radius 2 is 1.97 bits per heavy atom. The number of hydrogen-bond acceptors (Lipinski definition) is 4. The van der Waals surface area contributed by atoms with Gasteiger partial charge in [-0.05, 0) is 29.7 Å². The Bertz CT molecular complexity index is 957. The van der Waals surface area contributed by atoms with Gasteiger partial charge in [0.15, 0.2) is 4.96 Å². The van der Waals surface area contributed by atoms with Crippen LogP contribution in [0.3, 0.4) is 0 Å². The zero-order valence-electron chi connectivity index (χ0n) is 17.4. The fraction of sp³-hybridized carbons (Fsp3) is 0.455. The fourth-order valence-electron chi connectivity index (χ4n) is 3.15. The Kier molecular flexibility index (Phi) is 6.70. The van der Waals surface area contributed by atoms with Gasteiger partial charge in [0.25, 0.3) is 0 Å². The number of benzene rings is 1. The highest BCUT2D eigenvalue weighted by atomic mass is 32.1. The van der Waals surface area contributed by atoms with Crippen LogP contribution < -0.4 is 0 Å². The first-order valence-electron chi connectivity index (χ1n) is 9.75. The summed E-state index contributed by atoms with van der Waals surface area (Å²) in [6.07, 6.45) is 3.22. The fourth-order valence-corrected chi connectivity index (χ4v) is 4.05. The molecule has 7 heteroatoms. The van der Waals surface area contributed by atoms with Crippen LogP contribution >= 0.6 is 11.3 Å². The standard InChI is InChI=1S/C22H28FN3O2S/c1-22(2,3)13-20(27)25(11-12-28-4)10-9-18-15-29-21-24-19(14-26(18)21)16-5-7-17(23)8-6-16/h5-8,14-15H,9-13H2,1-4H3. The van der Waals surface area contributed by atoms with Crippen molar-refractivity contribution in [3.8, 4) is 11.3 Å². The Balaban J connectivity index is 1.74. The predicted molar refractivity (Wildman–Crippen MR) is 115 cm³/mol. The largest absolute Gasteiger partial charge is 0.383 e. The van der Waals surface area contributed by atoms with E-state index in [1.165, 1.54) is 12.1 Å². The van der Waals surface area contributed by atoms with Gasteiger partial charge in [-0.15, -0.1) is 11.3 Å². The summed E-state index contributed by atoms with van der Waals surface area (Å²) in [4.78, 5) is 20.2. The first-order chi connectivity index (χ1) is 13.8. The highest BCUT2D eigenvalue weighted by molar-refractivity contribution is 7.15. The number of methoxy groups -OCH3 is 1. The van der Waals surface area contributed by atoms with E-state index in [0.717, 1.165) is 28.3 Å². The number of amides is 1. The van der Waals surface area contributed by atoms with Crippen molar-refractivity contribution < 1.29 is 13.9 Å². The predicted octanol–water partition coefficient (Wildman–Crippen LogP) is 4.66. The lowest BCUT2D eigenvalue weighted by Crippen LogP contribution is -2.37. The van der Waals surface area contributed by atoms with Gasteiger partial charge in [-0.25, -0.2) is 9.37 Å². The van der Waals surface area contributed by atoms with Crippen LogP contribution in [-0.4, -0.2) is 47.0 Å². The van der Waals surface area contributed by atoms with E-state index in [4.69, 9.17) is 4.74 Å². The molecule has 0 atom stereocenters. The van der Waals surface area contributed by atoms with Gasteiger partial charge in [0.05, 0.1) is 12.3 Å². The minimum absolute atomic E-state index is 0.0491. The molecular weight excluding hydrogens is 389 g/mol. The monoisotopic (exact) mass is 417 g/mol. The molecule has 0 aliphatic carbocycles. The molecular formula is C22H28FN3O2S. The van der Waals surface area contributed by atoms with Crippen LogP contribution in [0.15, 0.2) is 35.8 Å². The van der Waals surface area contributed by atoms with Crippen LogP contribution in [0.1, 0.15) is 32.9 Å². The zero-order chi connectivity index (χ0) is 21.0. The summed E-state index contributed by atoms with van der Waals surface area (Å²) >= 11 is 1.57. The highest BCUT2D eigenvalue weighted by Crippen LogP contribution is 2.25. The number of aromatic nitrogens is 2. The average molecular weight is 418 g/mol. The van der Waals surface area contributed by atoms with Gasteiger partial charge in [0.2, 0.25) is 5.91 Å². The summed E-state index contributed by atoms with van der Waals surface area (Å²) in [5, 5.41) is 2.08. The number of ether oxygens (including phenoxy) is 1. The van der Waals surface area contributed by atoms with Crippen molar-refractivity contribution in [1.82, 2.24) is 14.3 Å². The first-order valence-corrected chi connectivity index (χ1v) is 10.6. The molecule has 0 unspecified atom stereocenters. The van der Waals surface area contributed by atoms with Gasteiger partial charge in [-0.1, -0.05) is 20.8 Å². The van der Waals surface area contributed by atoms with Gasteiger partial charge < -0.3 is 9.64 Å². The van der Waals surface area contributed by atoms with Crippen molar-refractivity contribution >= 4 is 22.2 Å². The van der Waals surface area contributed by atoms with E-state index < -0.39 is 0 Å². The molecule has 0 saturated carbocycles. The second-order valence-electron chi connectivity index (χ2n) is 8.37. The summed E-state index contributed by atoms with van der Waals surface area (Å²) in [7, 11) is 1.65. The molecule has 0 saturated heterocycles. The molecule has 1 amide bonds. The van der Waals surface area contributed by atoms with Gasteiger partial charge in [0.1, 0.15) is 5.82 Å². The summed E-state index contributed by atoms with van der Waals surface area (Å²) in [6, 6.07) is 6.36. The molecule has 2 heterocycles. The number of imidazole rings is 1. The van der Waals surface area contributed by atoms with E-state index >= 15 is 0 Å². The first kappa shape index (κ1) is 21.5. The maximum Gasteiger partial charge on any atom is 0.223 e. The highest BCUT2D eigenvalue weighted by Gasteiger charge is 2.21. The minimum atomic E-state index is -0.258. The molecule has 0 aliphatic heterocycles. The van der Waals surface area contributed by atoms with Crippen molar-refractivity contribution in [2.45, 2.75) is 33.6 Å². The normalized spacial score (nSPS) is 11.9. The van der Waals surface area contributed by atoms with E-state index in [-0.39, 0.29) is 17.1 Å². The van der Waals surface area contributed by atoms with Crippen LogP contribution in [0, 0.1) is 11.2 Å². The van der Waals surface area contributed by atoms with E-state index in [0.29, 0.717) is 26.1 Å². The third kappa shape index (κ3) is 5.64. The van der Waals surface area contributed by atoms with Crippen LogP contribution in [-0.2, 0) is 16.0 Å². The quantitative estimate of drug-likeness (QED) is 0.536. The Hall–Kier alpha value is -2.25. The van der Waals surface area contributed by atoms with Gasteiger partial charge in [-0.3, -0.25) is 9.20 Å². The van der Waals surface area contributed by atoms with E-state index in [2.05, 4.69) is 35.5 Å². The third-order valence-electron chi connectivity index (χ3n) is 4.66. The van der Waals surface area contributed by atoms with Crippen LogP contribution in [0.25, 0.3) is 16.2 Å². The summed E-state index contributed by atoms with van der Waals surface area (Å²) in [5.74, 6) is -0.106. The second-order valence-corrected chi connectivity index (χ2v) is 9.21. The lowest BCUT2D eigenvalue weighted by Gasteiger charge is -2.26. The molecule has 29 heavy (non-hydrogen) atoms. The summed E-state index contributed by atoms with van der Waals surface area (Å²) < 4.78 is 20.4. The second kappa shape index (κ2) is 9.05. The number of rotatable bonds is 8. The van der Waals surface area contributed by atoms with Crippen LogP contribution in [0.5, 0.6) is 0 Å². The molecule has 3 rings (SSSR count). The lowest BCUT2D eigenvalue weighted by atomic mass is 9.91. The van der Waals surface area contributed by atoms with E-state index in [1.807, 2.05) is 11.1 Å². The molecule has 156 valence electrons. The molecule has 0 N–H and O–H groups in total. The van der Waals surface area contributed by atoms with Crippen LogP contribution in [0.4, 0.5) is 4.39 Å². The number of halogens is 1. The Morgan fingerprint density at radius 1 is 1.24 bits per heavy atom. The summed E-state index contributed by atoms with van der Waals surface area (Å²) in [5.41, 5.74) is 2.76. The lowest BCUT2D eigenvalue weighted by molar-refractivity contribution is -0.133. The van der Waals surface area contributed by atoms with Crippen molar-refractivity contribution in [3.05, 3.63) is 47.4 Å². The van der Waals surface area contributed by atoms with Gasteiger partial charge >= 0.3 is 0 Å². The van der Waals surface area contributed by atoms with Crippen molar-refractivity contribution in [1.29, 1.82) is 0 Å². The Labute approximate surface area is 175 Å². The van der Waals surface area contributed by atoms with Gasteiger partial charge in [0, 0.05) is 55.9 Å². The third-order valence-corrected chi connectivity index (χ3v) is 5.55. The Morgan fingerprint density at radius 3 is 2.62 bits per heavy atom. The number of carbonyl (C=O) groups is 1. The molecule has 3 aromatic rings. The molecule has 0 radical (unpaired) electrons. The summed E-state index contributed by atoms with van der Waals surface area (Å²) in [6.45, 7) is 7.96. The minimum Gasteiger partial charge on any atom is -0.383 e. The van der Waals surface area contributed by atoms with Crippen LogP contribution in [0.2, 0.25) is 0 Å². The zero-order valence-corrected chi connectivity index (χ0v) is 18.3. The number of nitrogens with zero attached hydrogens (tertiary/aromatic N) is 3. The molecule has 5 nitrogen and oxygen atoms in total. The molecule has 0 aliphatic rings. The van der Waals surface area contributed by atoms with E-state index in [9.17, 15) is 9.18 Å². The van der Waals surface area contributed by atoms with Crippen molar-refractivity contribution in [3.63, 3.8) is 0 Å². The molecule has 0 bridgehead atoms. The molecule has 0 fully saturated rings.